The highest BCUT2D eigenvalue weighted by atomic mass is 16.7. The van der Waals surface area contributed by atoms with Gasteiger partial charge in [-0.25, -0.2) is 9.50 Å². The number of aromatic nitrogens is 7. The predicted octanol–water partition coefficient (Wildman–Crippen LogP) is 5.10. The van der Waals surface area contributed by atoms with Crippen LogP contribution in [0.2, 0.25) is 0 Å². The van der Waals surface area contributed by atoms with E-state index in [-0.39, 0.29) is 12.3 Å². The minimum atomic E-state index is -0.343. The van der Waals surface area contributed by atoms with Crippen LogP contribution in [0.1, 0.15) is 50.6 Å². The molecule has 1 atom stereocenters. The van der Waals surface area contributed by atoms with Crippen molar-refractivity contribution >= 4 is 5.52 Å². The summed E-state index contributed by atoms with van der Waals surface area (Å²) in [5.74, 6) is 0. The third-order valence-corrected chi connectivity index (χ3v) is 6.65. The van der Waals surface area contributed by atoms with Crippen molar-refractivity contribution in [2.24, 2.45) is 0 Å². The lowest BCUT2D eigenvalue weighted by Crippen LogP contribution is -2.29. The minimum Gasteiger partial charge on any atom is -0.346 e. The maximum Gasteiger partial charge on any atom is 0.184 e. The second-order valence-corrected chi connectivity index (χ2v) is 9.25. The molecule has 1 aliphatic rings. The van der Waals surface area contributed by atoms with Crippen molar-refractivity contribution in [1.82, 2.24) is 34.2 Å². The fourth-order valence-corrected chi connectivity index (χ4v) is 4.65. The molecule has 0 spiro atoms. The lowest BCUT2D eigenvalue weighted by atomic mass is 10.2. The highest BCUT2D eigenvalue weighted by molar-refractivity contribution is 5.78. The first-order valence-corrected chi connectivity index (χ1v) is 12.4. The largest absolute Gasteiger partial charge is 0.346 e. The Bertz CT molecular complexity index is 1450. The van der Waals surface area contributed by atoms with Crippen molar-refractivity contribution in [3.05, 3.63) is 79.1 Å². The van der Waals surface area contributed by atoms with Crippen molar-refractivity contribution in [2.75, 3.05) is 13.2 Å². The molecule has 9 nitrogen and oxygen atoms in total. The van der Waals surface area contributed by atoms with Crippen molar-refractivity contribution in [3.63, 3.8) is 0 Å². The Morgan fingerprint density at radius 3 is 2.56 bits per heavy atom. The molecule has 0 radical (unpaired) electrons. The first-order chi connectivity index (χ1) is 17.7. The van der Waals surface area contributed by atoms with Crippen LogP contribution in [0, 0.1) is 0 Å². The summed E-state index contributed by atoms with van der Waals surface area (Å²) in [6.45, 7) is 5.42. The summed E-state index contributed by atoms with van der Waals surface area (Å²) in [7, 11) is 0. The maximum absolute atomic E-state index is 5.99. The molecule has 0 bridgehead atoms. The van der Waals surface area contributed by atoms with Gasteiger partial charge in [-0.3, -0.25) is 9.36 Å². The number of fused-ring (bicyclic) bond motifs is 1. The lowest BCUT2D eigenvalue weighted by molar-refractivity contribution is -0.202. The van der Waals surface area contributed by atoms with Gasteiger partial charge in [0.05, 0.1) is 60.9 Å². The molecule has 0 saturated carbocycles. The van der Waals surface area contributed by atoms with Crippen LogP contribution in [0.25, 0.3) is 28.0 Å². The van der Waals surface area contributed by atoms with Gasteiger partial charge in [-0.2, -0.15) is 15.3 Å². The molecule has 1 saturated heterocycles. The van der Waals surface area contributed by atoms with Crippen molar-refractivity contribution in [2.45, 2.75) is 45.1 Å². The van der Waals surface area contributed by atoms with Gasteiger partial charge in [0.15, 0.2) is 6.29 Å². The van der Waals surface area contributed by atoms with Gasteiger partial charge >= 0.3 is 0 Å². The van der Waals surface area contributed by atoms with Crippen molar-refractivity contribution in [3.8, 4) is 22.5 Å². The van der Waals surface area contributed by atoms with E-state index in [0.29, 0.717) is 19.3 Å². The highest BCUT2D eigenvalue weighted by Gasteiger charge is 2.25. The molecule has 9 heteroatoms. The third kappa shape index (κ3) is 4.31. The van der Waals surface area contributed by atoms with E-state index >= 15 is 0 Å². The number of nitrogens with zero attached hydrogens (tertiary/aromatic N) is 7. The van der Waals surface area contributed by atoms with Crippen LogP contribution in [-0.2, 0) is 9.47 Å². The molecule has 0 amide bonds. The van der Waals surface area contributed by atoms with E-state index in [1.807, 2.05) is 75.1 Å². The molecule has 5 aromatic rings. The van der Waals surface area contributed by atoms with Crippen LogP contribution in [0.4, 0.5) is 0 Å². The maximum atomic E-state index is 5.99. The molecule has 36 heavy (non-hydrogen) atoms. The Kier molecular flexibility index (Phi) is 6.08. The first-order valence-electron chi connectivity index (χ1n) is 12.4. The van der Waals surface area contributed by atoms with E-state index in [0.717, 1.165) is 46.4 Å². The van der Waals surface area contributed by atoms with Gasteiger partial charge in [-0.15, -0.1) is 0 Å². The zero-order valence-electron chi connectivity index (χ0n) is 20.4. The Morgan fingerprint density at radius 2 is 1.75 bits per heavy atom. The van der Waals surface area contributed by atoms with Crippen molar-refractivity contribution < 1.29 is 9.47 Å². The molecular formula is C27H29N7O2. The fraction of sp³-hybridized carbons (Fsp3) is 0.333. The number of hydrogen-bond donors (Lipinski definition) is 0. The number of ether oxygens (including phenoxy) is 2. The van der Waals surface area contributed by atoms with Gasteiger partial charge in [0.1, 0.15) is 0 Å². The minimum absolute atomic E-state index is 0.00935. The molecular weight excluding hydrogens is 454 g/mol. The average Bonchev–Trinajstić information content (AvgIpc) is 3.70. The molecule has 1 aromatic carbocycles. The normalized spacial score (nSPS) is 19.1. The van der Waals surface area contributed by atoms with Crippen LogP contribution in [0.15, 0.2) is 73.6 Å². The predicted molar refractivity (Wildman–Crippen MR) is 135 cm³/mol. The van der Waals surface area contributed by atoms with Gasteiger partial charge < -0.3 is 9.47 Å². The Balaban J connectivity index is 1.25. The highest BCUT2D eigenvalue weighted by Crippen LogP contribution is 2.30. The van der Waals surface area contributed by atoms with E-state index in [1.165, 1.54) is 0 Å². The standard InChI is InChI=1S/C27H29N7O2/c1-3-7-19(2)32-15-22(13-29-32)26-25-10-11-28-34(25)16-24(31-26)21-12-30-33(14-21)23-17-35-27(36-18-23)20-8-5-4-6-9-20/h4-6,8-16,19,23,27H,3,7,17-18H2,1-2H3. The molecule has 6 rings (SSSR count). The summed E-state index contributed by atoms with van der Waals surface area (Å²) in [5, 5.41) is 13.7. The molecule has 5 heterocycles. The zero-order valence-corrected chi connectivity index (χ0v) is 20.4. The van der Waals surface area contributed by atoms with Crippen LogP contribution in [0.5, 0.6) is 0 Å². The molecule has 1 unspecified atom stereocenters. The summed E-state index contributed by atoms with van der Waals surface area (Å²) in [6.07, 6.45) is 13.4. The third-order valence-electron chi connectivity index (χ3n) is 6.65. The first kappa shape index (κ1) is 22.6. The Labute approximate surface area is 209 Å². The van der Waals surface area contributed by atoms with Gasteiger partial charge in [0, 0.05) is 35.1 Å². The molecule has 1 aliphatic heterocycles. The van der Waals surface area contributed by atoms with Crippen LogP contribution >= 0.6 is 0 Å². The molecule has 1 fully saturated rings. The monoisotopic (exact) mass is 483 g/mol. The summed E-state index contributed by atoms with van der Waals surface area (Å²) in [4.78, 5) is 5.01. The van der Waals surface area contributed by atoms with Crippen LogP contribution in [0.3, 0.4) is 0 Å². The summed E-state index contributed by atoms with van der Waals surface area (Å²) < 4.78 is 17.8. The van der Waals surface area contributed by atoms with Gasteiger partial charge in [0.25, 0.3) is 0 Å². The zero-order chi connectivity index (χ0) is 24.5. The van der Waals surface area contributed by atoms with E-state index in [1.54, 1.807) is 6.20 Å². The SMILES string of the molecule is CCCC(C)n1cc(-c2nc(-c3cnn(C4COC(c5ccccc5)OC4)c3)cn3nccc23)cn1. The smallest absolute Gasteiger partial charge is 0.184 e. The van der Waals surface area contributed by atoms with E-state index in [2.05, 4.69) is 35.3 Å². The molecule has 4 aromatic heterocycles. The van der Waals surface area contributed by atoms with Gasteiger partial charge in [0.2, 0.25) is 0 Å². The summed E-state index contributed by atoms with van der Waals surface area (Å²) in [5.41, 5.74) is 5.48. The van der Waals surface area contributed by atoms with Gasteiger partial charge in [-0.05, 0) is 19.4 Å². The second kappa shape index (κ2) is 9.67. The molecule has 184 valence electrons. The second-order valence-electron chi connectivity index (χ2n) is 9.25. The van der Waals surface area contributed by atoms with E-state index in [9.17, 15) is 0 Å². The quantitative estimate of drug-likeness (QED) is 0.320. The van der Waals surface area contributed by atoms with Crippen molar-refractivity contribution in [1.29, 1.82) is 0 Å². The Morgan fingerprint density at radius 1 is 0.944 bits per heavy atom. The topological polar surface area (TPSA) is 84.3 Å². The average molecular weight is 484 g/mol. The lowest BCUT2D eigenvalue weighted by Gasteiger charge is -2.29. The van der Waals surface area contributed by atoms with E-state index < -0.39 is 0 Å². The number of rotatable bonds is 7. The molecule has 0 aliphatic carbocycles. The summed E-state index contributed by atoms with van der Waals surface area (Å²) in [6, 6.07) is 12.3. The van der Waals surface area contributed by atoms with Crippen LogP contribution in [-0.4, -0.2) is 47.4 Å². The van der Waals surface area contributed by atoms with E-state index in [4.69, 9.17) is 14.5 Å². The van der Waals surface area contributed by atoms with Gasteiger partial charge in [-0.1, -0.05) is 43.7 Å². The summed E-state index contributed by atoms with van der Waals surface area (Å²) >= 11 is 0. The van der Waals surface area contributed by atoms with Crippen LogP contribution < -0.4 is 0 Å². The fourth-order valence-electron chi connectivity index (χ4n) is 4.65. The number of hydrogen-bond acceptors (Lipinski definition) is 6. The Hall–Kier alpha value is -3.82. The number of benzene rings is 1. The molecule has 0 N–H and O–H groups in total.